The lowest BCUT2D eigenvalue weighted by Crippen LogP contribution is -2.38. The van der Waals surface area contributed by atoms with Crippen LogP contribution in [0.4, 0.5) is 16.2 Å². The van der Waals surface area contributed by atoms with Crippen LogP contribution in [0.1, 0.15) is 77.6 Å². The Labute approximate surface area is 233 Å². The average Bonchev–Trinajstić information content (AvgIpc) is 3.72. The van der Waals surface area contributed by atoms with Crippen LogP contribution in [-0.2, 0) is 0 Å². The standard InChI is InChI=1S/C33H46FN5/c1-21(24-15-18-26(28(34)20-24)22-9-5-4-6-10-22)19-30-31(36-30)23-13-16-25(17-14-23)35-33-37-29-12-8-7-11-27(29)32(38-33)39(2)3/h5,9,11-12,18,20-25,30-31,36H,4,6-8,10,13-17,19H2,1-3H3,(H,35,37). The van der Waals surface area contributed by atoms with E-state index in [0.29, 0.717) is 30.0 Å². The lowest BCUT2D eigenvalue weighted by atomic mass is 9.78. The Kier molecular flexibility index (Phi) is 7.93. The molecule has 210 valence electrons. The number of hydrogen-bond acceptors (Lipinski definition) is 5. The summed E-state index contributed by atoms with van der Waals surface area (Å²) in [6, 6.07) is 1.67. The smallest absolute Gasteiger partial charge is 0.225 e. The molecule has 0 amide bonds. The Hall–Kier alpha value is -2.47. The summed E-state index contributed by atoms with van der Waals surface area (Å²) in [4.78, 5) is 11.8. The first-order valence-corrected chi connectivity index (χ1v) is 15.5. The summed E-state index contributed by atoms with van der Waals surface area (Å²) in [7, 11) is 4.12. The second kappa shape index (κ2) is 11.6. The fourth-order valence-electron chi connectivity index (χ4n) is 7.44. The number of hydrogen-bond donors (Lipinski definition) is 2. The van der Waals surface area contributed by atoms with E-state index in [1.165, 1.54) is 37.3 Å². The summed E-state index contributed by atoms with van der Waals surface area (Å²) >= 11 is 0. The van der Waals surface area contributed by atoms with Gasteiger partial charge >= 0.3 is 0 Å². The Morgan fingerprint density at radius 3 is 2.62 bits per heavy atom. The first-order valence-electron chi connectivity index (χ1n) is 15.5. The number of anilines is 2. The fourth-order valence-corrected chi connectivity index (χ4v) is 7.44. The van der Waals surface area contributed by atoms with E-state index < -0.39 is 0 Å². The van der Waals surface area contributed by atoms with Gasteiger partial charge in [-0.1, -0.05) is 37.3 Å². The van der Waals surface area contributed by atoms with Crippen molar-refractivity contribution in [3.8, 4) is 0 Å². The number of rotatable bonds is 8. The van der Waals surface area contributed by atoms with Crippen LogP contribution in [0.25, 0.3) is 12.2 Å². The molecule has 5 atom stereocenters. The van der Waals surface area contributed by atoms with E-state index in [-0.39, 0.29) is 11.7 Å². The van der Waals surface area contributed by atoms with Crippen LogP contribution in [0.15, 0.2) is 35.7 Å². The van der Waals surface area contributed by atoms with Gasteiger partial charge in [-0.3, -0.25) is 0 Å². The Morgan fingerprint density at radius 2 is 1.87 bits per heavy atom. The van der Waals surface area contributed by atoms with Gasteiger partial charge in [0.25, 0.3) is 0 Å². The predicted octanol–water partition coefficient (Wildman–Crippen LogP) is 5.39. The van der Waals surface area contributed by atoms with Gasteiger partial charge in [-0.25, -0.2) is 9.37 Å². The molecule has 1 saturated heterocycles. The SMILES string of the molecule is CC(CC1NC1C1CCC(Nc2nc(N(C)C)c3c(n2)=CCCC=3)CC1)C1C=C(F)C(C2C=CCCC2)=CC1. The highest BCUT2D eigenvalue weighted by atomic mass is 19.1. The summed E-state index contributed by atoms with van der Waals surface area (Å²) in [5.74, 6) is 3.67. The number of nitrogens with zero attached hydrogens (tertiary/aromatic N) is 3. The van der Waals surface area contributed by atoms with Crippen LogP contribution in [0.2, 0.25) is 0 Å². The molecule has 1 aliphatic heterocycles. The maximum atomic E-state index is 15.0. The quantitative estimate of drug-likeness (QED) is 0.348. The molecule has 5 aliphatic rings. The zero-order valence-corrected chi connectivity index (χ0v) is 24.0. The van der Waals surface area contributed by atoms with Crippen LogP contribution in [0.5, 0.6) is 0 Å². The van der Waals surface area contributed by atoms with Crippen molar-refractivity contribution in [2.24, 2.45) is 23.7 Å². The lowest BCUT2D eigenvalue weighted by Gasteiger charge is -2.30. The highest BCUT2D eigenvalue weighted by Crippen LogP contribution is 2.40. The molecule has 1 aromatic rings. The summed E-state index contributed by atoms with van der Waals surface area (Å²) in [6.07, 6.45) is 25.6. The molecule has 0 bridgehead atoms. The lowest BCUT2D eigenvalue weighted by molar-refractivity contribution is 0.320. The fraction of sp³-hybridized carbons (Fsp3) is 0.636. The van der Waals surface area contributed by atoms with Crippen molar-refractivity contribution in [2.45, 2.75) is 95.7 Å². The van der Waals surface area contributed by atoms with Gasteiger partial charge in [-0.05, 0) is 100 Å². The number of nitrogens with one attached hydrogen (secondary N) is 2. The van der Waals surface area contributed by atoms with Crippen molar-refractivity contribution in [1.82, 2.24) is 15.3 Å². The first kappa shape index (κ1) is 26.7. The first-order chi connectivity index (χ1) is 19.0. The van der Waals surface area contributed by atoms with Gasteiger partial charge in [-0.2, -0.15) is 4.98 Å². The molecule has 1 saturated carbocycles. The van der Waals surface area contributed by atoms with Crippen LogP contribution < -0.4 is 26.1 Å². The summed E-state index contributed by atoms with van der Waals surface area (Å²) in [5.41, 5.74) is 0.942. The van der Waals surface area contributed by atoms with Gasteiger partial charge in [0.1, 0.15) is 11.6 Å². The molecule has 2 N–H and O–H groups in total. The van der Waals surface area contributed by atoms with E-state index in [1.54, 1.807) is 0 Å². The largest absolute Gasteiger partial charge is 0.362 e. The van der Waals surface area contributed by atoms with Gasteiger partial charge in [0.15, 0.2) is 0 Å². The molecule has 6 rings (SSSR count). The zero-order valence-electron chi connectivity index (χ0n) is 24.0. The molecule has 1 aromatic heterocycles. The van der Waals surface area contributed by atoms with Crippen molar-refractivity contribution >= 4 is 23.9 Å². The molecule has 39 heavy (non-hydrogen) atoms. The molecule has 0 aromatic carbocycles. The van der Waals surface area contributed by atoms with Crippen LogP contribution >= 0.6 is 0 Å². The predicted molar refractivity (Wildman–Crippen MR) is 159 cm³/mol. The maximum Gasteiger partial charge on any atom is 0.225 e. The molecule has 2 heterocycles. The maximum absolute atomic E-state index is 15.0. The van der Waals surface area contributed by atoms with Gasteiger partial charge in [0, 0.05) is 43.4 Å². The van der Waals surface area contributed by atoms with E-state index in [2.05, 4.69) is 66.9 Å². The minimum absolute atomic E-state index is 0.0393. The molecule has 5 nitrogen and oxygen atoms in total. The van der Waals surface area contributed by atoms with Crippen molar-refractivity contribution in [3.05, 3.63) is 46.3 Å². The van der Waals surface area contributed by atoms with Crippen LogP contribution in [-0.4, -0.2) is 42.2 Å². The molecule has 2 fully saturated rings. The summed E-state index contributed by atoms with van der Waals surface area (Å²) in [5, 5.41) is 9.71. The number of allylic oxidation sites excluding steroid dienone is 6. The third kappa shape index (κ3) is 6.01. The molecule has 4 aliphatic carbocycles. The van der Waals surface area contributed by atoms with E-state index >= 15 is 4.39 Å². The number of halogens is 1. The van der Waals surface area contributed by atoms with Gasteiger partial charge in [0.2, 0.25) is 5.95 Å². The number of fused-ring (bicyclic) bond motifs is 1. The van der Waals surface area contributed by atoms with E-state index in [4.69, 9.17) is 9.97 Å². The van der Waals surface area contributed by atoms with E-state index in [1.807, 2.05) is 6.08 Å². The monoisotopic (exact) mass is 531 g/mol. The normalized spacial score (nSPS) is 32.6. The third-order valence-electron chi connectivity index (χ3n) is 9.83. The van der Waals surface area contributed by atoms with E-state index in [9.17, 15) is 0 Å². The Bertz CT molecular complexity index is 1260. The summed E-state index contributed by atoms with van der Waals surface area (Å²) < 4.78 is 15.0. The van der Waals surface area contributed by atoms with Gasteiger partial charge in [-0.15, -0.1) is 0 Å². The summed E-state index contributed by atoms with van der Waals surface area (Å²) in [6.45, 7) is 2.32. The van der Waals surface area contributed by atoms with Crippen LogP contribution in [0.3, 0.4) is 0 Å². The second-order valence-corrected chi connectivity index (χ2v) is 12.9. The highest BCUT2D eigenvalue weighted by Gasteiger charge is 2.44. The minimum atomic E-state index is 0.0393. The van der Waals surface area contributed by atoms with Crippen LogP contribution in [0, 0.1) is 23.7 Å². The van der Waals surface area contributed by atoms with Crippen molar-refractivity contribution in [3.63, 3.8) is 0 Å². The highest BCUT2D eigenvalue weighted by molar-refractivity contribution is 5.51. The molecular weight excluding hydrogens is 485 g/mol. The number of aromatic nitrogens is 2. The minimum Gasteiger partial charge on any atom is -0.362 e. The molecule has 0 spiro atoms. The van der Waals surface area contributed by atoms with Crippen molar-refractivity contribution < 1.29 is 4.39 Å². The second-order valence-electron chi connectivity index (χ2n) is 12.9. The average molecular weight is 532 g/mol. The molecular formula is C33H46FN5. The third-order valence-corrected chi connectivity index (χ3v) is 9.83. The molecule has 5 unspecified atom stereocenters. The van der Waals surface area contributed by atoms with Crippen molar-refractivity contribution in [2.75, 3.05) is 24.3 Å². The molecule has 0 radical (unpaired) electrons. The Morgan fingerprint density at radius 1 is 1.05 bits per heavy atom. The topological polar surface area (TPSA) is 63.0 Å². The molecule has 6 heteroatoms. The zero-order chi connectivity index (χ0) is 26.9. The van der Waals surface area contributed by atoms with Gasteiger partial charge in [0.05, 0.1) is 5.35 Å². The Balaban J connectivity index is 0.980. The van der Waals surface area contributed by atoms with Crippen molar-refractivity contribution in [1.29, 1.82) is 0 Å². The van der Waals surface area contributed by atoms with E-state index in [0.717, 1.165) is 67.1 Å². The van der Waals surface area contributed by atoms with Gasteiger partial charge < -0.3 is 15.5 Å².